The van der Waals surface area contributed by atoms with Crippen LogP contribution < -0.4 is 10.9 Å². The van der Waals surface area contributed by atoms with Crippen LogP contribution in [-0.2, 0) is 6.42 Å². The molecule has 0 fully saturated rings. The Morgan fingerprint density at radius 1 is 0.950 bits per heavy atom. The standard InChI is InChI=1S/C16H12N2O2/c19-15-9-5-1-3-7-11(9)17-14-13(15)18-12-8-4-2-6-10(12)16(14)20/h1,3-5,7-8H,2,6H2,(H,17,19)(H,18,20). The first-order valence-corrected chi connectivity index (χ1v) is 6.62. The fourth-order valence-electron chi connectivity index (χ4n) is 2.83. The number of allylic oxidation sites excluding steroid dienone is 1. The minimum atomic E-state index is -0.131. The molecular weight excluding hydrogens is 252 g/mol. The van der Waals surface area contributed by atoms with Crippen molar-refractivity contribution in [2.45, 2.75) is 12.8 Å². The molecule has 1 aliphatic rings. The van der Waals surface area contributed by atoms with Gasteiger partial charge in [-0.2, -0.15) is 0 Å². The molecule has 1 aromatic carbocycles. The van der Waals surface area contributed by atoms with Crippen molar-refractivity contribution in [3.8, 4) is 0 Å². The van der Waals surface area contributed by atoms with Gasteiger partial charge in [-0.25, -0.2) is 0 Å². The number of hydrogen-bond acceptors (Lipinski definition) is 2. The van der Waals surface area contributed by atoms with E-state index in [1.807, 2.05) is 30.4 Å². The summed E-state index contributed by atoms with van der Waals surface area (Å²) in [5.41, 5.74) is 2.75. The molecule has 98 valence electrons. The summed E-state index contributed by atoms with van der Waals surface area (Å²) in [6, 6.07) is 7.25. The first-order chi connectivity index (χ1) is 9.75. The van der Waals surface area contributed by atoms with Crippen molar-refractivity contribution in [2.75, 3.05) is 0 Å². The Bertz CT molecular complexity index is 993. The molecule has 4 nitrogen and oxygen atoms in total. The molecular formula is C16H12N2O2. The Morgan fingerprint density at radius 2 is 1.75 bits per heavy atom. The molecule has 2 N–H and O–H groups in total. The first kappa shape index (κ1) is 11.2. The van der Waals surface area contributed by atoms with Crippen molar-refractivity contribution in [3.05, 3.63) is 62.0 Å². The second kappa shape index (κ2) is 3.93. The van der Waals surface area contributed by atoms with Crippen LogP contribution in [0.15, 0.2) is 39.9 Å². The van der Waals surface area contributed by atoms with E-state index in [9.17, 15) is 9.59 Å². The fourth-order valence-corrected chi connectivity index (χ4v) is 2.83. The lowest BCUT2D eigenvalue weighted by atomic mass is 10.0. The molecule has 0 radical (unpaired) electrons. The number of pyridine rings is 2. The number of rotatable bonds is 0. The predicted molar refractivity (Wildman–Crippen MR) is 80.1 cm³/mol. The minimum absolute atomic E-state index is 0.0686. The van der Waals surface area contributed by atoms with Crippen LogP contribution in [0.5, 0.6) is 0 Å². The van der Waals surface area contributed by atoms with Crippen molar-refractivity contribution < 1.29 is 0 Å². The van der Waals surface area contributed by atoms with Crippen LogP contribution in [-0.4, -0.2) is 9.97 Å². The van der Waals surface area contributed by atoms with Gasteiger partial charge in [-0.3, -0.25) is 9.59 Å². The average molecular weight is 264 g/mol. The molecule has 1 aliphatic carbocycles. The van der Waals surface area contributed by atoms with Gasteiger partial charge in [0.05, 0.1) is 0 Å². The molecule has 0 saturated heterocycles. The summed E-state index contributed by atoms with van der Waals surface area (Å²) in [6.07, 6.45) is 5.47. The molecule has 0 atom stereocenters. The number of nitrogens with one attached hydrogen (secondary N) is 2. The van der Waals surface area contributed by atoms with Crippen LogP contribution in [0.3, 0.4) is 0 Å². The third-order valence-corrected chi connectivity index (χ3v) is 3.84. The number of para-hydroxylation sites is 1. The molecule has 3 aromatic rings. The molecule has 2 aromatic heterocycles. The Morgan fingerprint density at radius 3 is 2.65 bits per heavy atom. The number of aromatic nitrogens is 2. The van der Waals surface area contributed by atoms with E-state index >= 15 is 0 Å². The third kappa shape index (κ3) is 1.42. The van der Waals surface area contributed by atoms with Gasteiger partial charge in [0, 0.05) is 22.2 Å². The van der Waals surface area contributed by atoms with Crippen LogP contribution >= 0.6 is 0 Å². The van der Waals surface area contributed by atoms with E-state index in [0.717, 1.165) is 17.7 Å². The van der Waals surface area contributed by atoms with Gasteiger partial charge in [0.15, 0.2) is 0 Å². The zero-order valence-corrected chi connectivity index (χ0v) is 10.7. The number of aromatic amines is 2. The summed E-state index contributed by atoms with van der Waals surface area (Å²) < 4.78 is 0. The summed E-state index contributed by atoms with van der Waals surface area (Å²) in [5.74, 6) is 0. The molecule has 0 saturated carbocycles. The smallest absolute Gasteiger partial charge is 0.213 e. The Hall–Kier alpha value is -2.62. The highest BCUT2D eigenvalue weighted by atomic mass is 16.1. The van der Waals surface area contributed by atoms with E-state index in [2.05, 4.69) is 9.97 Å². The molecule has 0 unspecified atom stereocenters. The van der Waals surface area contributed by atoms with Gasteiger partial charge in [0.2, 0.25) is 10.9 Å². The van der Waals surface area contributed by atoms with Crippen molar-refractivity contribution in [3.63, 3.8) is 0 Å². The van der Waals surface area contributed by atoms with Crippen LogP contribution in [0.1, 0.15) is 17.7 Å². The monoisotopic (exact) mass is 264 g/mol. The second-order valence-corrected chi connectivity index (χ2v) is 5.04. The number of hydrogen-bond donors (Lipinski definition) is 2. The highest BCUT2D eigenvalue weighted by Crippen LogP contribution is 2.17. The summed E-state index contributed by atoms with van der Waals surface area (Å²) in [5, 5.41) is 0.593. The average Bonchev–Trinajstić information content (AvgIpc) is 2.49. The number of benzene rings is 1. The fraction of sp³-hybridized carbons (Fsp3) is 0.125. The Labute approximate surface area is 113 Å². The van der Waals surface area contributed by atoms with Crippen LogP contribution in [0.25, 0.3) is 28.0 Å². The molecule has 0 amide bonds. The van der Waals surface area contributed by atoms with Crippen LogP contribution in [0.2, 0.25) is 0 Å². The molecule has 20 heavy (non-hydrogen) atoms. The lowest BCUT2D eigenvalue weighted by Gasteiger charge is -2.11. The van der Waals surface area contributed by atoms with Crippen molar-refractivity contribution in [1.82, 2.24) is 9.97 Å². The molecule has 0 bridgehead atoms. The molecule has 0 spiro atoms. The summed E-state index contributed by atoms with van der Waals surface area (Å²) in [6.45, 7) is 0. The zero-order chi connectivity index (χ0) is 13.7. The van der Waals surface area contributed by atoms with E-state index < -0.39 is 0 Å². The van der Waals surface area contributed by atoms with Crippen molar-refractivity contribution >= 4 is 28.0 Å². The lowest BCUT2D eigenvalue weighted by molar-refractivity contribution is 0.959. The normalized spacial score (nSPS) is 13.8. The van der Waals surface area contributed by atoms with Gasteiger partial charge in [-0.1, -0.05) is 18.2 Å². The SMILES string of the molecule is O=c1c2c([nH]c3c(=O)c4ccccc4[nH]c13)C=CCC2. The van der Waals surface area contributed by atoms with Gasteiger partial charge in [-0.05, 0) is 31.1 Å². The summed E-state index contributed by atoms with van der Waals surface area (Å²) in [7, 11) is 0. The number of H-pyrrole nitrogens is 2. The Balaban J connectivity index is 2.28. The molecule has 4 rings (SSSR count). The minimum Gasteiger partial charge on any atom is -0.350 e. The van der Waals surface area contributed by atoms with Crippen LogP contribution in [0.4, 0.5) is 0 Å². The van der Waals surface area contributed by atoms with E-state index in [1.165, 1.54) is 0 Å². The van der Waals surface area contributed by atoms with E-state index in [0.29, 0.717) is 28.4 Å². The second-order valence-electron chi connectivity index (χ2n) is 5.04. The molecule has 4 heteroatoms. The highest BCUT2D eigenvalue weighted by Gasteiger charge is 2.15. The Kier molecular flexibility index (Phi) is 2.21. The first-order valence-electron chi connectivity index (χ1n) is 6.62. The van der Waals surface area contributed by atoms with Gasteiger partial charge in [-0.15, -0.1) is 0 Å². The lowest BCUT2D eigenvalue weighted by Crippen LogP contribution is -2.20. The van der Waals surface area contributed by atoms with Gasteiger partial charge in [0.25, 0.3) is 0 Å². The van der Waals surface area contributed by atoms with Gasteiger partial charge >= 0.3 is 0 Å². The van der Waals surface area contributed by atoms with Gasteiger partial charge < -0.3 is 9.97 Å². The molecule has 2 heterocycles. The van der Waals surface area contributed by atoms with Crippen molar-refractivity contribution in [2.24, 2.45) is 0 Å². The maximum Gasteiger partial charge on any atom is 0.213 e. The quantitative estimate of drug-likeness (QED) is 0.612. The largest absolute Gasteiger partial charge is 0.350 e. The predicted octanol–water partition coefficient (Wildman–Crippen LogP) is 2.33. The van der Waals surface area contributed by atoms with Gasteiger partial charge in [0.1, 0.15) is 11.0 Å². The summed E-state index contributed by atoms with van der Waals surface area (Å²) >= 11 is 0. The third-order valence-electron chi connectivity index (χ3n) is 3.84. The number of fused-ring (bicyclic) bond motifs is 3. The maximum atomic E-state index is 12.5. The van der Waals surface area contributed by atoms with Crippen molar-refractivity contribution in [1.29, 1.82) is 0 Å². The zero-order valence-electron chi connectivity index (χ0n) is 10.7. The topological polar surface area (TPSA) is 65.7 Å². The van der Waals surface area contributed by atoms with Crippen LogP contribution in [0, 0.1) is 0 Å². The van der Waals surface area contributed by atoms with E-state index in [-0.39, 0.29) is 10.9 Å². The molecule has 0 aliphatic heterocycles. The van der Waals surface area contributed by atoms with E-state index in [1.54, 1.807) is 6.07 Å². The highest BCUT2D eigenvalue weighted by molar-refractivity contribution is 5.91. The maximum absolute atomic E-state index is 12.5. The van der Waals surface area contributed by atoms with E-state index in [4.69, 9.17) is 0 Å². The summed E-state index contributed by atoms with van der Waals surface area (Å²) in [4.78, 5) is 31.3.